The van der Waals surface area contributed by atoms with Crippen LogP contribution in [0, 0.1) is 10.1 Å². The maximum Gasteiger partial charge on any atom is 0.457 e. The van der Waals surface area contributed by atoms with Crippen molar-refractivity contribution in [2.45, 2.75) is 23.9 Å². The summed E-state index contributed by atoms with van der Waals surface area (Å²) >= 11 is 0. The molecule has 0 aliphatic carbocycles. The fourth-order valence-electron chi connectivity index (χ4n) is 2.57. The topological polar surface area (TPSA) is 63.4 Å². The number of nitro groups is 1. The highest BCUT2D eigenvalue weighted by Crippen LogP contribution is 2.53. The van der Waals surface area contributed by atoms with Gasteiger partial charge in [0.2, 0.25) is 0 Å². The molecule has 0 aromatic heterocycles. The fourth-order valence-corrected chi connectivity index (χ4v) is 2.57. The largest absolute Gasteiger partial charge is 0.457 e. The Labute approximate surface area is 151 Å². The van der Waals surface area contributed by atoms with E-state index in [4.69, 9.17) is 0 Å². The molecule has 0 spiro atoms. The highest BCUT2D eigenvalue weighted by atomic mass is 19.4. The molecule has 12 heteroatoms. The summed E-state index contributed by atoms with van der Waals surface area (Å²) in [6.07, 6.45) is -11.6. The van der Waals surface area contributed by atoms with Gasteiger partial charge in [0.1, 0.15) is 0 Å². The van der Waals surface area contributed by atoms with Crippen molar-refractivity contribution < 1.29 is 45.2 Å². The van der Waals surface area contributed by atoms with Crippen LogP contribution in [-0.2, 0) is 11.8 Å². The van der Waals surface area contributed by atoms with E-state index in [1.807, 2.05) is 0 Å². The lowest BCUT2D eigenvalue weighted by Gasteiger charge is -2.37. The first kappa shape index (κ1) is 21.5. The summed E-state index contributed by atoms with van der Waals surface area (Å²) in [5, 5.41) is 21.6. The molecule has 0 bridgehead atoms. The Bertz CT molecular complexity index is 894. The Kier molecular flexibility index (Phi) is 5.15. The lowest BCUT2D eigenvalue weighted by Crippen LogP contribution is -2.55. The maximum atomic E-state index is 14.3. The van der Waals surface area contributed by atoms with E-state index >= 15 is 0 Å². The number of para-hydroxylation sites is 1. The van der Waals surface area contributed by atoms with Crippen LogP contribution in [0.25, 0.3) is 0 Å². The van der Waals surface area contributed by atoms with Gasteiger partial charge in [0.05, 0.1) is 16.1 Å². The van der Waals surface area contributed by atoms with Crippen LogP contribution in [-0.4, -0.2) is 22.1 Å². The molecule has 1 N–H and O–H groups in total. The minimum atomic E-state index is -6.44. The molecule has 152 valence electrons. The van der Waals surface area contributed by atoms with Gasteiger partial charge in [0, 0.05) is 6.07 Å². The monoisotopic (exact) mass is 415 g/mol. The molecular weight excluding hydrogens is 406 g/mol. The van der Waals surface area contributed by atoms with E-state index in [9.17, 15) is 50.3 Å². The third kappa shape index (κ3) is 3.39. The van der Waals surface area contributed by atoms with E-state index in [2.05, 4.69) is 0 Å². The normalized spacial score (nSPS) is 15.2. The van der Waals surface area contributed by atoms with Gasteiger partial charge >= 0.3 is 18.3 Å². The second-order valence-electron chi connectivity index (χ2n) is 5.64. The van der Waals surface area contributed by atoms with E-state index in [-0.39, 0.29) is 6.07 Å². The van der Waals surface area contributed by atoms with E-state index < -0.39 is 51.2 Å². The highest BCUT2D eigenvalue weighted by Gasteiger charge is 2.72. The number of alkyl halides is 8. The molecule has 0 fully saturated rings. The molecule has 1 unspecified atom stereocenters. The molecular formula is C16H9F8NO3. The summed E-state index contributed by atoms with van der Waals surface area (Å²) in [6, 6.07) is 3.88. The number of benzene rings is 2. The van der Waals surface area contributed by atoms with Gasteiger partial charge < -0.3 is 5.11 Å². The van der Waals surface area contributed by atoms with E-state index in [0.29, 0.717) is 30.3 Å². The zero-order valence-corrected chi connectivity index (χ0v) is 13.4. The molecule has 1 atom stereocenters. The lowest BCUT2D eigenvalue weighted by molar-refractivity contribution is -0.389. The van der Waals surface area contributed by atoms with E-state index in [1.165, 1.54) is 0 Å². The molecule has 0 heterocycles. The number of aliphatic hydroxyl groups is 1. The number of rotatable bonds is 4. The molecule has 0 aliphatic heterocycles. The zero-order valence-electron chi connectivity index (χ0n) is 13.4. The first-order chi connectivity index (χ1) is 12.6. The number of hydrogen-bond acceptors (Lipinski definition) is 3. The summed E-state index contributed by atoms with van der Waals surface area (Å²) < 4.78 is 107. The molecule has 0 saturated carbocycles. The molecule has 2 aromatic rings. The Hall–Kier alpha value is -2.76. The van der Waals surface area contributed by atoms with Crippen LogP contribution >= 0.6 is 0 Å². The average Bonchev–Trinajstić information content (AvgIpc) is 2.59. The van der Waals surface area contributed by atoms with Gasteiger partial charge in [-0.2, -0.15) is 35.1 Å². The molecule has 2 aromatic carbocycles. The summed E-state index contributed by atoms with van der Waals surface area (Å²) in [4.78, 5) is 9.76. The highest BCUT2D eigenvalue weighted by molar-refractivity contribution is 5.51. The Morgan fingerprint density at radius 2 is 1.36 bits per heavy atom. The number of nitro benzene ring substituents is 1. The van der Waals surface area contributed by atoms with Gasteiger partial charge in [-0.3, -0.25) is 10.1 Å². The van der Waals surface area contributed by atoms with Crippen molar-refractivity contribution in [3.8, 4) is 0 Å². The second kappa shape index (κ2) is 6.69. The van der Waals surface area contributed by atoms with Crippen molar-refractivity contribution in [2.24, 2.45) is 0 Å². The number of hydrogen-bond donors (Lipinski definition) is 1. The van der Waals surface area contributed by atoms with Crippen LogP contribution in [0.15, 0.2) is 48.5 Å². The standard InChI is InChI=1S/C16H9F8NO3/c17-14(18,19)10-5-3-4-9(8-10)13(26,15(20,21)16(22,23)24)11-6-1-2-7-12(11)25(27)28/h1-8,26H. The molecule has 0 saturated heterocycles. The SMILES string of the molecule is O=[N+]([O-])c1ccccc1C(O)(c1cccc(C(F)(F)F)c1)C(F)(F)C(F)(F)F. The van der Waals surface area contributed by atoms with Gasteiger partial charge in [-0.05, 0) is 23.8 Å². The Morgan fingerprint density at radius 1 is 0.821 bits per heavy atom. The van der Waals surface area contributed by atoms with Crippen molar-refractivity contribution in [2.75, 3.05) is 0 Å². The minimum absolute atomic E-state index is 0.115. The van der Waals surface area contributed by atoms with Crippen LogP contribution in [0.4, 0.5) is 40.8 Å². The lowest BCUT2D eigenvalue weighted by atomic mass is 9.79. The van der Waals surface area contributed by atoms with Crippen molar-refractivity contribution in [1.82, 2.24) is 0 Å². The van der Waals surface area contributed by atoms with E-state index in [1.54, 1.807) is 0 Å². The van der Waals surface area contributed by atoms with Crippen molar-refractivity contribution in [3.63, 3.8) is 0 Å². The van der Waals surface area contributed by atoms with Crippen LogP contribution in [0.1, 0.15) is 16.7 Å². The zero-order chi connectivity index (χ0) is 21.5. The van der Waals surface area contributed by atoms with Crippen LogP contribution in [0.3, 0.4) is 0 Å². The molecule has 0 radical (unpaired) electrons. The van der Waals surface area contributed by atoms with Gasteiger partial charge in [0.25, 0.3) is 5.69 Å². The van der Waals surface area contributed by atoms with Crippen molar-refractivity contribution in [1.29, 1.82) is 0 Å². The number of halogens is 8. The van der Waals surface area contributed by atoms with Gasteiger partial charge in [-0.25, -0.2) is 0 Å². The molecule has 2 rings (SSSR count). The van der Waals surface area contributed by atoms with Crippen molar-refractivity contribution >= 4 is 5.69 Å². The predicted molar refractivity (Wildman–Crippen MR) is 78.5 cm³/mol. The van der Waals surface area contributed by atoms with E-state index in [0.717, 1.165) is 12.1 Å². The third-order valence-electron chi connectivity index (χ3n) is 3.91. The maximum absolute atomic E-state index is 14.3. The fraction of sp³-hybridized carbons (Fsp3) is 0.250. The van der Waals surface area contributed by atoms with Gasteiger partial charge in [0.15, 0.2) is 5.60 Å². The average molecular weight is 415 g/mol. The summed E-state index contributed by atoms with van der Waals surface area (Å²) in [5.74, 6) is -6.07. The third-order valence-corrected chi connectivity index (χ3v) is 3.91. The predicted octanol–water partition coefficient (Wildman–Crippen LogP) is 5.05. The van der Waals surface area contributed by atoms with Gasteiger partial charge in [-0.15, -0.1) is 0 Å². The first-order valence-electron chi connectivity index (χ1n) is 7.22. The molecule has 0 amide bonds. The molecule has 28 heavy (non-hydrogen) atoms. The Balaban J connectivity index is 2.93. The first-order valence-corrected chi connectivity index (χ1v) is 7.22. The van der Waals surface area contributed by atoms with Crippen LogP contribution in [0.2, 0.25) is 0 Å². The number of nitrogens with zero attached hydrogens (tertiary/aromatic N) is 1. The minimum Gasteiger partial charge on any atom is -0.374 e. The van der Waals surface area contributed by atoms with Crippen LogP contribution < -0.4 is 0 Å². The quantitative estimate of drug-likeness (QED) is 0.432. The van der Waals surface area contributed by atoms with Crippen molar-refractivity contribution in [3.05, 3.63) is 75.3 Å². The van der Waals surface area contributed by atoms with Gasteiger partial charge in [-0.1, -0.05) is 24.3 Å². The summed E-state index contributed by atoms with van der Waals surface area (Å²) in [6.45, 7) is 0. The molecule has 4 nitrogen and oxygen atoms in total. The summed E-state index contributed by atoms with van der Waals surface area (Å²) in [5.41, 5.74) is -10.5. The molecule has 0 aliphatic rings. The smallest absolute Gasteiger partial charge is 0.374 e. The summed E-state index contributed by atoms with van der Waals surface area (Å²) in [7, 11) is 0. The van der Waals surface area contributed by atoms with Crippen LogP contribution in [0.5, 0.6) is 0 Å². The second-order valence-corrected chi connectivity index (χ2v) is 5.64. The Morgan fingerprint density at radius 3 is 1.86 bits per heavy atom.